The summed E-state index contributed by atoms with van der Waals surface area (Å²) in [5, 5.41) is 1.01. The van der Waals surface area contributed by atoms with E-state index in [1.807, 2.05) is 47.4 Å². The van der Waals surface area contributed by atoms with Crippen LogP contribution in [0.4, 0.5) is 5.69 Å². The normalized spacial score (nSPS) is 19.7. The Morgan fingerprint density at radius 3 is 2.79 bits per heavy atom. The second-order valence-electron chi connectivity index (χ2n) is 7.38. The summed E-state index contributed by atoms with van der Waals surface area (Å²) in [7, 11) is 0. The van der Waals surface area contributed by atoms with E-state index < -0.39 is 0 Å². The number of para-hydroxylation sites is 1. The highest BCUT2D eigenvalue weighted by Crippen LogP contribution is 2.37. The Labute approximate surface area is 167 Å². The largest absolute Gasteiger partial charge is 0.329 e. The Bertz CT molecular complexity index is 1030. The van der Waals surface area contributed by atoms with Crippen LogP contribution in [0, 0.1) is 0 Å². The van der Waals surface area contributed by atoms with Crippen LogP contribution in [0.5, 0.6) is 0 Å². The summed E-state index contributed by atoms with van der Waals surface area (Å²) >= 11 is 1.68. The second kappa shape index (κ2) is 7.02. The number of carbonyl (C=O) groups is 2. The maximum atomic E-state index is 13.3. The van der Waals surface area contributed by atoms with E-state index in [0.717, 1.165) is 53.3 Å². The molecule has 2 fully saturated rings. The molecule has 5 nitrogen and oxygen atoms in total. The molecule has 28 heavy (non-hydrogen) atoms. The number of nitrogens with zero attached hydrogens (tertiary/aromatic N) is 3. The van der Waals surface area contributed by atoms with E-state index in [0.29, 0.717) is 12.0 Å². The number of thiazole rings is 1. The molecule has 1 atom stereocenters. The molecule has 1 aromatic heterocycles. The zero-order valence-electron chi connectivity index (χ0n) is 15.5. The molecule has 2 aliphatic heterocycles. The SMILES string of the molecule is O=C1CCCN1c1cccc(C(=O)N2CCCC2c2nc3ccccc3s2)c1. The Morgan fingerprint density at radius 1 is 1.07 bits per heavy atom. The van der Waals surface area contributed by atoms with Gasteiger partial charge in [0.2, 0.25) is 5.91 Å². The Hall–Kier alpha value is -2.73. The van der Waals surface area contributed by atoms with Crippen LogP contribution in [-0.2, 0) is 4.79 Å². The van der Waals surface area contributed by atoms with Gasteiger partial charge in [-0.05, 0) is 49.6 Å². The lowest BCUT2D eigenvalue weighted by atomic mass is 10.1. The fourth-order valence-corrected chi connectivity index (χ4v) is 5.31. The lowest BCUT2D eigenvalue weighted by molar-refractivity contribution is -0.117. The molecule has 2 aliphatic rings. The number of benzene rings is 2. The van der Waals surface area contributed by atoms with Crippen LogP contribution in [0.15, 0.2) is 48.5 Å². The van der Waals surface area contributed by atoms with Crippen molar-refractivity contribution >= 4 is 39.1 Å². The molecule has 142 valence electrons. The van der Waals surface area contributed by atoms with Crippen LogP contribution in [0.2, 0.25) is 0 Å². The van der Waals surface area contributed by atoms with E-state index in [4.69, 9.17) is 4.98 Å². The lowest BCUT2D eigenvalue weighted by Crippen LogP contribution is -2.31. The first-order valence-electron chi connectivity index (χ1n) is 9.77. The number of hydrogen-bond acceptors (Lipinski definition) is 4. The molecule has 6 heteroatoms. The highest BCUT2D eigenvalue weighted by Gasteiger charge is 2.33. The predicted octanol–water partition coefficient (Wildman–Crippen LogP) is 4.40. The van der Waals surface area contributed by atoms with Crippen molar-refractivity contribution in [2.75, 3.05) is 18.0 Å². The van der Waals surface area contributed by atoms with Crippen molar-refractivity contribution in [2.45, 2.75) is 31.7 Å². The minimum atomic E-state index is 0.0234. The predicted molar refractivity (Wildman–Crippen MR) is 111 cm³/mol. The number of fused-ring (bicyclic) bond motifs is 1. The molecule has 3 aromatic rings. The Kier molecular flexibility index (Phi) is 4.36. The van der Waals surface area contributed by atoms with Crippen molar-refractivity contribution in [3.05, 3.63) is 59.1 Å². The first-order chi connectivity index (χ1) is 13.7. The van der Waals surface area contributed by atoms with Crippen molar-refractivity contribution < 1.29 is 9.59 Å². The molecule has 5 rings (SSSR count). The number of likely N-dealkylation sites (tertiary alicyclic amines) is 1. The van der Waals surface area contributed by atoms with Gasteiger partial charge in [-0.25, -0.2) is 4.98 Å². The van der Waals surface area contributed by atoms with Gasteiger partial charge in [0.25, 0.3) is 5.91 Å². The topological polar surface area (TPSA) is 53.5 Å². The summed E-state index contributed by atoms with van der Waals surface area (Å²) in [6, 6.07) is 15.6. The van der Waals surface area contributed by atoms with E-state index >= 15 is 0 Å². The number of rotatable bonds is 3. The average Bonchev–Trinajstić information content (AvgIpc) is 3.45. The average molecular weight is 391 g/mol. The van der Waals surface area contributed by atoms with Crippen LogP contribution in [0.25, 0.3) is 10.2 Å². The summed E-state index contributed by atoms with van der Waals surface area (Å²) in [6.45, 7) is 1.47. The third kappa shape index (κ3) is 2.98. The number of anilines is 1. The summed E-state index contributed by atoms with van der Waals surface area (Å²) in [6.07, 6.45) is 3.39. The Balaban J connectivity index is 1.43. The smallest absolute Gasteiger partial charge is 0.254 e. The highest BCUT2D eigenvalue weighted by molar-refractivity contribution is 7.18. The second-order valence-corrected chi connectivity index (χ2v) is 8.44. The molecule has 0 saturated carbocycles. The van der Waals surface area contributed by atoms with E-state index in [2.05, 4.69) is 6.07 Å². The molecule has 0 aliphatic carbocycles. The maximum absolute atomic E-state index is 13.3. The molecule has 1 unspecified atom stereocenters. The van der Waals surface area contributed by atoms with Gasteiger partial charge in [0.05, 0.1) is 16.3 Å². The molecule has 2 aromatic carbocycles. The fourth-order valence-electron chi connectivity index (χ4n) is 4.19. The lowest BCUT2D eigenvalue weighted by Gasteiger charge is -2.24. The van der Waals surface area contributed by atoms with E-state index in [1.54, 1.807) is 16.2 Å². The van der Waals surface area contributed by atoms with Gasteiger partial charge in [0, 0.05) is 30.8 Å². The first-order valence-corrected chi connectivity index (χ1v) is 10.6. The van der Waals surface area contributed by atoms with Crippen molar-refractivity contribution in [1.29, 1.82) is 0 Å². The maximum Gasteiger partial charge on any atom is 0.254 e. The third-order valence-corrected chi connectivity index (χ3v) is 6.72. The first kappa shape index (κ1) is 17.4. The van der Waals surface area contributed by atoms with Gasteiger partial charge >= 0.3 is 0 Å². The summed E-state index contributed by atoms with van der Waals surface area (Å²) in [5.41, 5.74) is 2.46. The highest BCUT2D eigenvalue weighted by atomic mass is 32.1. The fraction of sp³-hybridized carbons (Fsp3) is 0.318. The zero-order valence-corrected chi connectivity index (χ0v) is 16.3. The molecule has 3 heterocycles. The van der Waals surface area contributed by atoms with Gasteiger partial charge in [-0.15, -0.1) is 11.3 Å². The van der Waals surface area contributed by atoms with Crippen molar-refractivity contribution in [3.8, 4) is 0 Å². The zero-order chi connectivity index (χ0) is 19.1. The van der Waals surface area contributed by atoms with Gasteiger partial charge in [-0.3, -0.25) is 9.59 Å². The monoisotopic (exact) mass is 391 g/mol. The number of carbonyl (C=O) groups excluding carboxylic acids is 2. The van der Waals surface area contributed by atoms with Crippen LogP contribution in [-0.4, -0.2) is 34.8 Å². The minimum Gasteiger partial charge on any atom is -0.329 e. The number of amides is 2. The molecule has 0 N–H and O–H groups in total. The van der Waals surface area contributed by atoms with Crippen molar-refractivity contribution in [1.82, 2.24) is 9.88 Å². The quantitative estimate of drug-likeness (QED) is 0.665. The molecule has 0 spiro atoms. The molecule has 0 bridgehead atoms. The van der Waals surface area contributed by atoms with Crippen LogP contribution in [0.1, 0.15) is 47.1 Å². The molecule has 2 saturated heterocycles. The Morgan fingerprint density at radius 2 is 1.96 bits per heavy atom. The van der Waals surface area contributed by atoms with Gasteiger partial charge in [-0.2, -0.15) is 0 Å². The summed E-state index contributed by atoms with van der Waals surface area (Å²) in [5.74, 6) is 0.161. The van der Waals surface area contributed by atoms with Crippen molar-refractivity contribution in [3.63, 3.8) is 0 Å². The van der Waals surface area contributed by atoms with E-state index in [-0.39, 0.29) is 17.9 Å². The van der Waals surface area contributed by atoms with Gasteiger partial charge in [0.15, 0.2) is 0 Å². The van der Waals surface area contributed by atoms with Crippen LogP contribution >= 0.6 is 11.3 Å². The third-order valence-electron chi connectivity index (χ3n) is 5.59. The van der Waals surface area contributed by atoms with Crippen LogP contribution < -0.4 is 4.90 Å². The van der Waals surface area contributed by atoms with Gasteiger partial charge in [-0.1, -0.05) is 18.2 Å². The molecule has 2 amide bonds. The van der Waals surface area contributed by atoms with E-state index in [9.17, 15) is 9.59 Å². The van der Waals surface area contributed by atoms with Gasteiger partial charge < -0.3 is 9.80 Å². The van der Waals surface area contributed by atoms with Crippen LogP contribution in [0.3, 0.4) is 0 Å². The van der Waals surface area contributed by atoms with Gasteiger partial charge in [0.1, 0.15) is 5.01 Å². The summed E-state index contributed by atoms with van der Waals surface area (Å²) in [4.78, 5) is 33.9. The molecular formula is C22H21N3O2S. The number of hydrogen-bond donors (Lipinski definition) is 0. The minimum absolute atomic E-state index is 0.0234. The van der Waals surface area contributed by atoms with E-state index in [1.165, 1.54) is 0 Å². The molecular weight excluding hydrogens is 370 g/mol. The standard InChI is InChI=1S/C22H21N3O2S/c26-20-11-5-12-24(20)16-7-3-6-15(14-16)22(27)25-13-4-9-18(25)21-23-17-8-1-2-10-19(17)28-21/h1-3,6-8,10,14,18H,4-5,9,11-13H2. The summed E-state index contributed by atoms with van der Waals surface area (Å²) < 4.78 is 1.16. The van der Waals surface area contributed by atoms with Crippen molar-refractivity contribution in [2.24, 2.45) is 0 Å². The molecule has 0 radical (unpaired) electrons. The number of aromatic nitrogens is 1.